The quantitative estimate of drug-likeness (QED) is 0.630. The molecule has 1 atom stereocenters. The van der Waals surface area contributed by atoms with E-state index in [-0.39, 0.29) is 6.04 Å². The molecule has 0 radical (unpaired) electrons. The third-order valence-electron chi connectivity index (χ3n) is 1.57. The van der Waals surface area contributed by atoms with E-state index < -0.39 is 0 Å². The van der Waals surface area contributed by atoms with Gasteiger partial charge < -0.3 is 5.73 Å². The second-order valence-electron chi connectivity index (χ2n) is 2.43. The Kier molecular flexibility index (Phi) is 2.71. The van der Waals surface area contributed by atoms with Gasteiger partial charge >= 0.3 is 0 Å². The minimum Gasteiger partial charge on any atom is -0.323 e. The molecule has 0 bridgehead atoms. The standard InChI is InChI=1S/C10H11N/c1-2-6-10(11)9-7-4-3-5-8-9/h1,3-5,7-8,10H,6,11H2/t10-/m1/s1. The molecule has 1 aromatic carbocycles. The smallest absolute Gasteiger partial charge is 0.0405 e. The molecule has 1 heteroatoms. The van der Waals surface area contributed by atoms with Crippen LogP contribution in [0.3, 0.4) is 0 Å². The number of hydrogen-bond acceptors (Lipinski definition) is 1. The van der Waals surface area contributed by atoms with E-state index in [9.17, 15) is 0 Å². The van der Waals surface area contributed by atoms with E-state index in [0.29, 0.717) is 6.42 Å². The summed E-state index contributed by atoms with van der Waals surface area (Å²) in [5, 5.41) is 0. The van der Waals surface area contributed by atoms with E-state index in [1.165, 1.54) is 0 Å². The average Bonchev–Trinajstić information content (AvgIpc) is 2.07. The molecule has 1 aromatic rings. The molecule has 1 rings (SSSR count). The molecule has 0 aliphatic rings. The third kappa shape index (κ3) is 2.10. The monoisotopic (exact) mass is 145 g/mol. The van der Waals surface area contributed by atoms with Gasteiger partial charge in [0.15, 0.2) is 0 Å². The van der Waals surface area contributed by atoms with Crippen LogP contribution in [0.25, 0.3) is 0 Å². The Morgan fingerprint density at radius 3 is 2.55 bits per heavy atom. The molecule has 0 saturated heterocycles. The first kappa shape index (κ1) is 7.84. The summed E-state index contributed by atoms with van der Waals surface area (Å²) in [6, 6.07) is 9.86. The first-order valence-corrected chi connectivity index (χ1v) is 3.58. The van der Waals surface area contributed by atoms with Crippen LogP contribution in [-0.4, -0.2) is 0 Å². The Bertz CT molecular complexity index is 245. The summed E-state index contributed by atoms with van der Waals surface area (Å²) < 4.78 is 0. The Balaban J connectivity index is 2.70. The van der Waals surface area contributed by atoms with Crippen LogP contribution < -0.4 is 5.73 Å². The number of terminal acetylenes is 1. The van der Waals surface area contributed by atoms with Crippen molar-refractivity contribution in [3.63, 3.8) is 0 Å². The van der Waals surface area contributed by atoms with E-state index in [0.717, 1.165) is 5.56 Å². The topological polar surface area (TPSA) is 26.0 Å². The van der Waals surface area contributed by atoms with E-state index in [1.54, 1.807) is 0 Å². The Morgan fingerprint density at radius 2 is 2.00 bits per heavy atom. The molecule has 0 fully saturated rings. The minimum atomic E-state index is -0.0128. The van der Waals surface area contributed by atoms with Gasteiger partial charge in [-0.05, 0) is 5.56 Å². The highest BCUT2D eigenvalue weighted by atomic mass is 14.6. The molecule has 0 aliphatic carbocycles. The summed E-state index contributed by atoms with van der Waals surface area (Å²) in [6.07, 6.45) is 5.74. The van der Waals surface area contributed by atoms with Crippen LogP contribution in [-0.2, 0) is 0 Å². The fourth-order valence-corrected chi connectivity index (χ4v) is 0.945. The Labute approximate surface area is 67.2 Å². The van der Waals surface area contributed by atoms with Gasteiger partial charge in [-0.15, -0.1) is 12.3 Å². The summed E-state index contributed by atoms with van der Waals surface area (Å²) in [5.41, 5.74) is 6.87. The van der Waals surface area contributed by atoms with Crippen molar-refractivity contribution in [1.82, 2.24) is 0 Å². The van der Waals surface area contributed by atoms with Crippen molar-refractivity contribution in [2.24, 2.45) is 5.73 Å². The predicted molar refractivity (Wildman–Crippen MR) is 46.8 cm³/mol. The van der Waals surface area contributed by atoms with Crippen molar-refractivity contribution in [3.8, 4) is 12.3 Å². The zero-order valence-corrected chi connectivity index (χ0v) is 6.33. The van der Waals surface area contributed by atoms with Gasteiger partial charge in [0.05, 0.1) is 0 Å². The minimum absolute atomic E-state index is 0.0128. The Morgan fingerprint density at radius 1 is 1.36 bits per heavy atom. The molecule has 0 spiro atoms. The maximum absolute atomic E-state index is 5.76. The summed E-state index contributed by atoms with van der Waals surface area (Å²) >= 11 is 0. The lowest BCUT2D eigenvalue weighted by molar-refractivity contribution is 0.755. The SMILES string of the molecule is C#CC[C@@H](N)c1ccccc1. The van der Waals surface area contributed by atoms with Gasteiger partial charge in [-0.2, -0.15) is 0 Å². The molecule has 0 saturated carbocycles. The zero-order valence-electron chi connectivity index (χ0n) is 6.33. The molecule has 2 N–H and O–H groups in total. The average molecular weight is 145 g/mol. The third-order valence-corrected chi connectivity index (χ3v) is 1.57. The van der Waals surface area contributed by atoms with Crippen molar-refractivity contribution in [3.05, 3.63) is 35.9 Å². The van der Waals surface area contributed by atoms with E-state index in [2.05, 4.69) is 5.92 Å². The van der Waals surface area contributed by atoms with Crippen LogP contribution in [0.1, 0.15) is 18.0 Å². The van der Waals surface area contributed by atoms with Gasteiger partial charge in [0.2, 0.25) is 0 Å². The van der Waals surface area contributed by atoms with Crippen molar-refractivity contribution >= 4 is 0 Å². The van der Waals surface area contributed by atoms with Crippen LogP contribution in [0.4, 0.5) is 0 Å². The lowest BCUT2D eigenvalue weighted by atomic mass is 10.1. The molecular weight excluding hydrogens is 134 g/mol. The van der Waals surface area contributed by atoms with Crippen molar-refractivity contribution in [1.29, 1.82) is 0 Å². The van der Waals surface area contributed by atoms with Gasteiger partial charge in [-0.1, -0.05) is 30.3 Å². The first-order chi connectivity index (χ1) is 5.34. The molecule has 0 heterocycles. The highest BCUT2D eigenvalue weighted by Crippen LogP contribution is 2.11. The molecule has 0 aromatic heterocycles. The van der Waals surface area contributed by atoms with Gasteiger partial charge in [0, 0.05) is 12.5 Å². The summed E-state index contributed by atoms with van der Waals surface area (Å²) in [5.74, 6) is 2.54. The normalized spacial score (nSPS) is 12.0. The second-order valence-corrected chi connectivity index (χ2v) is 2.43. The Hall–Kier alpha value is -1.26. The fraction of sp³-hybridized carbons (Fsp3) is 0.200. The van der Waals surface area contributed by atoms with Gasteiger partial charge in [-0.25, -0.2) is 0 Å². The van der Waals surface area contributed by atoms with Gasteiger partial charge in [0.1, 0.15) is 0 Å². The molecule has 0 amide bonds. The van der Waals surface area contributed by atoms with Crippen LogP contribution in [0.15, 0.2) is 30.3 Å². The van der Waals surface area contributed by atoms with E-state index >= 15 is 0 Å². The van der Waals surface area contributed by atoms with E-state index in [4.69, 9.17) is 12.2 Å². The van der Waals surface area contributed by atoms with Crippen LogP contribution in [0.2, 0.25) is 0 Å². The van der Waals surface area contributed by atoms with Crippen LogP contribution in [0, 0.1) is 12.3 Å². The van der Waals surface area contributed by atoms with Crippen molar-refractivity contribution in [2.75, 3.05) is 0 Å². The molecule has 1 nitrogen and oxygen atoms in total. The summed E-state index contributed by atoms with van der Waals surface area (Å²) in [4.78, 5) is 0. The molecule has 0 aliphatic heterocycles. The predicted octanol–water partition coefficient (Wildman–Crippen LogP) is 1.71. The van der Waals surface area contributed by atoms with Gasteiger partial charge in [-0.3, -0.25) is 0 Å². The fourth-order valence-electron chi connectivity index (χ4n) is 0.945. The summed E-state index contributed by atoms with van der Waals surface area (Å²) in [7, 11) is 0. The second kappa shape index (κ2) is 3.80. The van der Waals surface area contributed by atoms with Gasteiger partial charge in [0.25, 0.3) is 0 Å². The highest BCUT2D eigenvalue weighted by molar-refractivity contribution is 5.19. The number of benzene rings is 1. The maximum atomic E-state index is 5.76. The van der Waals surface area contributed by atoms with E-state index in [1.807, 2.05) is 30.3 Å². The highest BCUT2D eigenvalue weighted by Gasteiger charge is 2.00. The molecule has 56 valence electrons. The number of rotatable bonds is 2. The molecule has 0 unspecified atom stereocenters. The largest absolute Gasteiger partial charge is 0.323 e. The number of nitrogens with two attached hydrogens (primary N) is 1. The summed E-state index contributed by atoms with van der Waals surface area (Å²) in [6.45, 7) is 0. The number of hydrogen-bond donors (Lipinski definition) is 1. The van der Waals surface area contributed by atoms with Crippen molar-refractivity contribution in [2.45, 2.75) is 12.5 Å². The van der Waals surface area contributed by atoms with Crippen LogP contribution in [0.5, 0.6) is 0 Å². The lowest BCUT2D eigenvalue weighted by Gasteiger charge is -2.06. The van der Waals surface area contributed by atoms with Crippen LogP contribution >= 0.6 is 0 Å². The molecular formula is C10H11N. The molecule has 11 heavy (non-hydrogen) atoms. The maximum Gasteiger partial charge on any atom is 0.0405 e. The first-order valence-electron chi connectivity index (χ1n) is 3.58. The zero-order chi connectivity index (χ0) is 8.10. The lowest BCUT2D eigenvalue weighted by Crippen LogP contribution is -2.08. The van der Waals surface area contributed by atoms with Crippen molar-refractivity contribution < 1.29 is 0 Å².